The molecule has 1 heterocycles. The van der Waals surface area contributed by atoms with Crippen LogP contribution in [0.4, 0.5) is 18.0 Å². The maximum Gasteiger partial charge on any atom is 0.422 e. The number of alkyl carbamates (subject to hydrolysis) is 1. The molecule has 4 fully saturated rings. The lowest BCUT2D eigenvalue weighted by atomic mass is 9.50. The molecular weight excluding hydrogens is 375 g/mol. The molecule has 9 heteroatoms. The van der Waals surface area contributed by atoms with Crippen molar-refractivity contribution in [3.8, 4) is 0 Å². The van der Waals surface area contributed by atoms with Crippen LogP contribution in [0.2, 0.25) is 0 Å². The minimum atomic E-state index is -4.56. The average molecular weight is 397 g/mol. The van der Waals surface area contributed by atoms with Crippen LogP contribution in [-0.2, 0) is 4.74 Å². The van der Waals surface area contributed by atoms with Gasteiger partial charge in [-0.3, -0.25) is 9.78 Å². The second-order valence-corrected chi connectivity index (χ2v) is 8.51. The zero-order valence-corrected chi connectivity index (χ0v) is 15.2. The van der Waals surface area contributed by atoms with Crippen molar-refractivity contribution in [1.82, 2.24) is 15.6 Å². The van der Waals surface area contributed by atoms with Gasteiger partial charge in [0.15, 0.2) is 6.61 Å². The summed E-state index contributed by atoms with van der Waals surface area (Å²) in [6, 6.07) is 5.10. The Bertz CT molecular complexity index is 755. The predicted octanol–water partition coefficient (Wildman–Crippen LogP) is 3.19. The first-order chi connectivity index (χ1) is 13.2. The van der Waals surface area contributed by atoms with E-state index < -0.39 is 30.0 Å². The molecular formula is C19H22F3N3O3. The average Bonchev–Trinajstić information content (AvgIpc) is 2.58. The Balaban J connectivity index is 1.47. The summed E-state index contributed by atoms with van der Waals surface area (Å²) in [6.07, 6.45) is 0.467. The number of amides is 2. The van der Waals surface area contributed by atoms with Gasteiger partial charge in [-0.2, -0.15) is 13.2 Å². The molecule has 2 amide bonds. The fourth-order valence-corrected chi connectivity index (χ4v) is 5.76. The number of hydrogen-bond donors (Lipinski definition) is 2. The first-order valence-electron chi connectivity index (χ1n) is 9.41. The molecule has 152 valence electrons. The number of nitrogens with one attached hydrogen (secondary N) is 2. The highest BCUT2D eigenvalue weighted by Crippen LogP contribution is 2.57. The molecule has 0 aromatic carbocycles. The lowest BCUT2D eigenvalue weighted by Crippen LogP contribution is -2.70. The molecule has 2 N–H and O–H groups in total. The van der Waals surface area contributed by atoms with Gasteiger partial charge in [0.05, 0.1) is 0 Å². The van der Waals surface area contributed by atoms with Crippen LogP contribution in [0.5, 0.6) is 0 Å². The summed E-state index contributed by atoms with van der Waals surface area (Å²) >= 11 is 0. The van der Waals surface area contributed by atoms with Crippen LogP contribution in [-0.4, -0.2) is 40.8 Å². The van der Waals surface area contributed by atoms with Gasteiger partial charge in [0.1, 0.15) is 5.69 Å². The Morgan fingerprint density at radius 1 is 1.11 bits per heavy atom. The van der Waals surface area contributed by atoms with Crippen molar-refractivity contribution >= 4 is 12.0 Å². The Hall–Kier alpha value is -2.32. The largest absolute Gasteiger partial charge is 0.440 e. The number of ether oxygens (including phenoxy) is 1. The Kier molecular flexibility index (Phi) is 4.50. The molecule has 6 nitrogen and oxygen atoms in total. The van der Waals surface area contributed by atoms with E-state index in [9.17, 15) is 22.8 Å². The fourth-order valence-electron chi connectivity index (χ4n) is 5.76. The number of carbonyl (C=O) groups excluding carboxylic acids is 2. The molecule has 4 aliphatic carbocycles. The number of nitrogens with zero attached hydrogens (tertiary/aromatic N) is 1. The SMILES string of the molecule is O=C(NC12CC3CC(C1)CC(NC(=O)c1ccccn1)(C3)C2)OCC(F)(F)F. The van der Waals surface area contributed by atoms with E-state index in [-0.39, 0.29) is 5.91 Å². The van der Waals surface area contributed by atoms with E-state index in [0.717, 1.165) is 19.3 Å². The first kappa shape index (κ1) is 19.0. The van der Waals surface area contributed by atoms with Crippen LogP contribution in [0, 0.1) is 11.8 Å². The molecule has 4 bridgehead atoms. The standard InChI is InChI=1S/C19H22F3N3O3/c20-19(21,22)11-28-16(27)25-18-8-12-5-13(9-18)7-17(6-12,10-18)24-15(26)14-3-1-2-4-23-14/h1-4,12-13H,5-11H2,(H,24,26)(H,25,27). The molecule has 0 saturated heterocycles. The van der Waals surface area contributed by atoms with Gasteiger partial charge >= 0.3 is 12.3 Å². The summed E-state index contributed by atoms with van der Waals surface area (Å²) in [6.45, 7) is -1.61. The molecule has 4 saturated carbocycles. The molecule has 0 aliphatic heterocycles. The van der Waals surface area contributed by atoms with E-state index >= 15 is 0 Å². The van der Waals surface area contributed by atoms with Crippen LogP contribution in [0.3, 0.4) is 0 Å². The molecule has 1 aromatic rings. The van der Waals surface area contributed by atoms with Crippen molar-refractivity contribution in [3.05, 3.63) is 30.1 Å². The Morgan fingerprint density at radius 3 is 2.32 bits per heavy atom. The van der Waals surface area contributed by atoms with Gasteiger partial charge in [0.25, 0.3) is 5.91 Å². The smallest absolute Gasteiger partial charge is 0.422 e. The summed E-state index contributed by atoms with van der Waals surface area (Å²) < 4.78 is 41.3. The zero-order valence-electron chi connectivity index (χ0n) is 15.2. The van der Waals surface area contributed by atoms with Gasteiger partial charge in [-0.1, -0.05) is 6.07 Å². The minimum absolute atomic E-state index is 0.266. The maximum atomic E-state index is 12.7. The quantitative estimate of drug-likeness (QED) is 0.818. The van der Waals surface area contributed by atoms with Crippen LogP contribution in [0.1, 0.15) is 49.0 Å². The van der Waals surface area contributed by atoms with Crippen LogP contribution < -0.4 is 10.6 Å². The number of alkyl halides is 3. The summed E-state index contributed by atoms with van der Waals surface area (Å²) in [7, 11) is 0. The Morgan fingerprint density at radius 2 is 1.75 bits per heavy atom. The topological polar surface area (TPSA) is 80.3 Å². The second-order valence-electron chi connectivity index (χ2n) is 8.51. The van der Waals surface area contributed by atoms with Gasteiger partial charge in [-0.25, -0.2) is 4.79 Å². The molecule has 0 radical (unpaired) electrons. The minimum Gasteiger partial charge on any atom is -0.440 e. The van der Waals surface area contributed by atoms with E-state index in [0.29, 0.717) is 36.8 Å². The van der Waals surface area contributed by atoms with E-state index in [1.807, 2.05) is 0 Å². The van der Waals surface area contributed by atoms with E-state index in [2.05, 4.69) is 20.4 Å². The first-order valence-corrected chi connectivity index (χ1v) is 9.41. The highest BCUT2D eigenvalue weighted by molar-refractivity contribution is 5.92. The molecule has 0 spiro atoms. The highest BCUT2D eigenvalue weighted by atomic mass is 19.4. The van der Waals surface area contributed by atoms with Gasteiger partial charge in [-0.15, -0.1) is 0 Å². The normalized spacial score (nSPS) is 33.4. The summed E-state index contributed by atoms with van der Waals surface area (Å²) in [5.74, 6) is 0.360. The predicted molar refractivity (Wildman–Crippen MR) is 92.4 cm³/mol. The molecule has 1 aromatic heterocycles. The zero-order chi connectivity index (χ0) is 20.0. The van der Waals surface area contributed by atoms with Gasteiger partial charge in [0.2, 0.25) is 0 Å². The number of rotatable bonds is 4. The third-order valence-electron chi connectivity index (χ3n) is 6.07. The van der Waals surface area contributed by atoms with Crippen LogP contribution >= 0.6 is 0 Å². The second kappa shape index (κ2) is 6.63. The number of halogens is 3. The van der Waals surface area contributed by atoms with E-state index in [1.54, 1.807) is 24.4 Å². The number of pyridine rings is 1. The van der Waals surface area contributed by atoms with Crippen molar-refractivity contribution in [2.24, 2.45) is 11.8 Å². The monoisotopic (exact) mass is 397 g/mol. The highest BCUT2D eigenvalue weighted by Gasteiger charge is 2.59. The number of aromatic nitrogens is 1. The van der Waals surface area contributed by atoms with Gasteiger partial charge < -0.3 is 15.4 Å². The summed E-state index contributed by atoms with van der Waals surface area (Å²) in [5, 5.41) is 5.83. The van der Waals surface area contributed by atoms with E-state index in [4.69, 9.17) is 0 Å². The summed E-state index contributed by atoms with van der Waals surface area (Å²) in [4.78, 5) is 28.7. The van der Waals surface area contributed by atoms with Crippen molar-refractivity contribution in [2.45, 2.75) is 55.8 Å². The molecule has 2 atom stereocenters. The molecule has 5 rings (SSSR count). The third kappa shape index (κ3) is 3.93. The van der Waals surface area contributed by atoms with Gasteiger partial charge in [-0.05, 0) is 62.5 Å². The van der Waals surface area contributed by atoms with Crippen molar-refractivity contribution < 1.29 is 27.5 Å². The van der Waals surface area contributed by atoms with Crippen molar-refractivity contribution in [3.63, 3.8) is 0 Å². The molecule has 4 aliphatic rings. The number of carbonyl (C=O) groups is 2. The lowest BCUT2D eigenvalue weighted by molar-refractivity contribution is -0.161. The van der Waals surface area contributed by atoms with Crippen LogP contribution in [0.15, 0.2) is 24.4 Å². The maximum absolute atomic E-state index is 12.7. The van der Waals surface area contributed by atoms with Crippen molar-refractivity contribution in [2.75, 3.05) is 6.61 Å². The number of hydrogen-bond acceptors (Lipinski definition) is 4. The lowest BCUT2D eigenvalue weighted by Gasteiger charge is -2.62. The third-order valence-corrected chi connectivity index (χ3v) is 6.07. The molecule has 28 heavy (non-hydrogen) atoms. The Labute approximate surface area is 160 Å². The van der Waals surface area contributed by atoms with Gasteiger partial charge in [0, 0.05) is 17.3 Å². The molecule has 2 unspecified atom stereocenters. The summed E-state index contributed by atoms with van der Waals surface area (Å²) in [5.41, 5.74) is -0.787. The van der Waals surface area contributed by atoms with Crippen LogP contribution in [0.25, 0.3) is 0 Å². The van der Waals surface area contributed by atoms with E-state index in [1.165, 1.54) is 0 Å². The van der Waals surface area contributed by atoms with Crippen molar-refractivity contribution in [1.29, 1.82) is 0 Å². The fraction of sp³-hybridized carbons (Fsp3) is 0.632.